The van der Waals surface area contributed by atoms with Crippen LogP contribution < -0.4 is 0 Å². The lowest BCUT2D eigenvalue weighted by atomic mass is 10.0. The second-order valence-electron chi connectivity index (χ2n) is 5.06. The van der Waals surface area contributed by atoms with Crippen molar-refractivity contribution in [3.8, 4) is 11.3 Å². The smallest absolute Gasteiger partial charge is 0.330 e. The number of hydrogen-bond acceptors (Lipinski definition) is 2. The molecule has 0 atom stereocenters. The van der Waals surface area contributed by atoms with E-state index in [4.69, 9.17) is 4.74 Å². The number of hydrogen-bond donors (Lipinski definition) is 0. The van der Waals surface area contributed by atoms with Gasteiger partial charge in [0.2, 0.25) is 0 Å². The molecule has 0 bridgehead atoms. The van der Waals surface area contributed by atoms with Crippen LogP contribution in [0.25, 0.3) is 28.2 Å². The largest absolute Gasteiger partial charge is 0.466 e. The summed E-state index contributed by atoms with van der Waals surface area (Å²) in [6, 6.07) is 18.3. The van der Waals surface area contributed by atoms with Crippen molar-refractivity contribution in [2.24, 2.45) is 7.05 Å². The molecule has 3 heteroatoms. The molecule has 0 spiro atoms. The summed E-state index contributed by atoms with van der Waals surface area (Å²) in [5.41, 5.74) is 4.35. The van der Waals surface area contributed by atoms with Crippen molar-refractivity contribution in [2.45, 2.75) is 0 Å². The second-order valence-corrected chi connectivity index (χ2v) is 5.06. The number of aryl methyl sites for hydroxylation is 1. The van der Waals surface area contributed by atoms with Crippen molar-refractivity contribution in [1.82, 2.24) is 4.57 Å². The van der Waals surface area contributed by atoms with E-state index in [0.717, 1.165) is 27.7 Å². The number of rotatable bonds is 3. The van der Waals surface area contributed by atoms with Crippen LogP contribution >= 0.6 is 0 Å². The average Bonchev–Trinajstić information content (AvgIpc) is 2.86. The minimum atomic E-state index is -0.355. The molecule has 3 aromatic rings. The molecule has 3 nitrogen and oxygen atoms in total. The van der Waals surface area contributed by atoms with Gasteiger partial charge in [0.1, 0.15) is 0 Å². The third-order valence-electron chi connectivity index (χ3n) is 3.78. The molecule has 1 heterocycles. The Morgan fingerprint density at radius 1 is 1.05 bits per heavy atom. The Balaban J connectivity index is 2.28. The average molecular weight is 291 g/mol. The van der Waals surface area contributed by atoms with Crippen LogP contribution in [0.5, 0.6) is 0 Å². The number of para-hydroxylation sites is 1. The Morgan fingerprint density at radius 3 is 2.45 bits per heavy atom. The fraction of sp³-hybridized carbons (Fsp3) is 0.105. The van der Waals surface area contributed by atoms with Crippen molar-refractivity contribution in [3.63, 3.8) is 0 Å². The summed E-state index contributed by atoms with van der Waals surface area (Å²) in [5.74, 6) is -0.355. The van der Waals surface area contributed by atoms with Gasteiger partial charge in [0.15, 0.2) is 0 Å². The number of methoxy groups -OCH3 is 1. The SMILES string of the molecule is COC(=O)C=Cc1c(-c2ccccc2)n(C)c2ccccc12. The quantitative estimate of drug-likeness (QED) is 0.539. The van der Waals surface area contributed by atoms with E-state index in [1.165, 1.54) is 13.2 Å². The molecule has 0 saturated carbocycles. The monoisotopic (exact) mass is 291 g/mol. The number of ether oxygens (including phenoxy) is 1. The van der Waals surface area contributed by atoms with Crippen molar-refractivity contribution in [3.05, 3.63) is 66.2 Å². The number of esters is 1. The second kappa shape index (κ2) is 5.90. The van der Waals surface area contributed by atoms with Gasteiger partial charge in [-0.2, -0.15) is 0 Å². The van der Waals surface area contributed by atoms with Crippen molar-refractivity contribution < 1.29 is 9.53 Å². The molecular formula is C19H17NO2. The summed E-state index contributed by atoms with van der Waals surface area (Å²) >= 11 is 0. The predicted molar refractivity (Wildman–Crippen MR) is 89.4 cm³/mol. The van der Waals surface area contributed by atoms with E-state index in [1.54, 1.807) is 0 Å². The van der Waals surface area contributed by atoms with E-state index >= 15 is 0 Å². The third kappa shape index (κ3) is 2.42. The maximum atomic E-state index is 11.5. The Bertz CT molecular complexity index is 845. The molecule has 1 aromatic heterocycles. The first-order chi connectivity index (χ1) is 10.7. The van der Waals surface area contributed by atoms with Crippen molar-refractivity contribution >= 4 is 22.9 Å². The van der Waals surface area contributed by atoms with Gasteiger partial charge in [-0.05, 0) is 17.7 Å². The molecule has 0 saturated heterocycles. The van der Waals surface area contributed by atoms with E-state index in [0.29, 0.717) is 0 Å². The number of fused-ring (bicyclic) bond motifs is 1. The van der Waals surface area contributed by atoms with E-state index in [2.05, 4.69) is 28.8 Å². The predicted octanol–water partition coefficient (Wildman–Crippen LogP) is 4.03. The standard InChI is InChI=1S/C19H17NO2/c1-20-17-11-7-6-10-15(17)16(12-13-18(21)22-2)19(20)14-8-4-3-5-9-14/h3-13H,1-2H3. The fourth-order valence-corrected chi connectivity index (χ4v) is 2.76. The van der Waals surface area contributed by atoms with Gasteiger partial charge in [-0.3, -0.25) is 0 Å². The molecule has 0 fully saturated rings. The molecule has 0 aliphatic heterocycles. The van der Waals surface area contributed by atoms with Gasteiger partial charge in [0.05, 0.1) is 12.8 Å². The molecule has 0 N–H and O–H groups in total. The molecule has 0 unspecified atom stereocenters. The summed E-state index contributed by atoms with van der Waals surface area (Å²) in [6.07, 6.45) is 3.30. The zero-order chi connectivity index (χ0) is 15.5. The van der Waals surface area contributed by atoms with Crippen LogP contribution in [0.4, 0.5) is 0 Å². The van der Waals surface area contributed by atoms with E-state index in [1.807, 2.05) is 43.5 Å². The first-order valence-electron chi connectivity index (χ1n) is 7.11. The highest BCUT2D eigenvalue weighted by atomic mass is 16.5. The van der Waals surface area contributed by atoms with Crippen LogP contribution in [0.2, 0.25) is 0 Å². The fourth-order valence-electron chi connectivity index (χ4n) is 2.76. The van der Waals surface area contributed by atoms with Crippen molar-refractivity contribution in [2.75, 3.05) is 7.11 Å². The lowest BCUT2D eigenvalue weighted by Gasteiger charge is -2.06. The van der Waals surface area contributed by atoms with Gasteiger partial charge in [0, 0.05) is 29.6 Å². The molecular weight excluding hydrogens is 274 g/mol. The first kappa shape index (κ1) is 14.1. The number of carbonyl (C=O) groups excluding carboxylic acids is 1. The Kier molecular flexibility index (Phi) is 3.79. The number of carbonyl (C=O) groups is 1. The lowest BCUT2D eigenvalue weighted by Crippen LogP contribution is -1.94. The van der Waals surface area contributed by atoms with E-state index in [-0.39, 0.29) is 5.97 Å². The first-order valence-corrected chi connectivity index (χ1v) is 7.11. The molecule has 2 aromatic carbocycles. The van der Waals surface area contributed by atoms with Crippen LogP contribution in [0.15, 0.2) is 60.7 Å². The van der Waals surface area contributed by atoms with Crippen LogP contribution in [0, 0.1) is 0 Å². The highest BCUT2D eigenvalue weighted by Gasteiger charge is 2.14. The summed E-state index contributed by atoms with van der Waals surface area (Å²) in [7, 11) is 3.42. The zero-order valence-corrected chi connectivity index (χ0v) is 12.6. The minimum absolute atomic E-state index is 0.355. The molecule has 0 radical (unpaired) electrons. The molecule has 0 aliphatic carbocycles. The van der Waals surface area contributed by atoms with Crippen LogP contribution in [0.3, 0.4) is 0 Å². The van der Waals surface area contributed by atoms with Crippen LogP contribution in [-0.2, 0) is 16.6 Å². The Hall–Kier alpha value is -2.81. The van der Waals surface area contributed by atoms with Crippen molar-refractivity contribution in [1.29, 1.82) is 0 Å². The molecule has 0 aliphatic rings. The number of aromatic nitrogens is 1. The third-order valence-corrected chi connectivity index (χ3v) is 3.78. The maximum absolute atomic E-state index is 11.5. The van der Waals surface area contributed by atoms with Gasteiger partial charge in [-0.1, -0.05) is 48.5 Å². The summed E-state index contributed by atoms with van der Waals surface area (Å²) in [5, 5.41) is 1.11. The zero-order valence-electron chi connectivity index (χ0n) is 12.6. The highest BCUT2D eigenvalue weighted by molar-refractivity contribution is 6.00. The van der Waals surface area contributed by atoms with E-state index < -0.39 is 0 Å². The van der Waals surface area contributed by atoms with Gasteiger partial charge in [-0.25, -0.2) is 4.79 Å². The van der Waals surface area contributed by atoms with Crippen LogP contribution in [-0.4, -0.2) is 17.6 Å². The lowest BCUT2D eigenvalue weighted by molar-refractivity contribution is -0.134. The Labute approximate surface area is 129 Å². The Morgan fingerprint density at radius 2 is 1.73 bits per heavy atom. The molecule has 22 heavy (non-hydrogen) atoms. The minimum Gasteiger partial charge on any atom is -0.466 e. The van der Waals surface area contributed by atoms with Gasteiger partial charge < -0.3 is 9.30 Å². The highest BCUT2D eigenvalue weighted by Crippen LogP contribution is 2.33. The molecule has 110 valence electrons. The maximum Gasteiger partial charge on any atom is 0.330 e. The van der Waals surface area contributed by atoms with E-state index in [9.17, 15) is 4.79 Å². The molecule has 3 rings (SSSR count). The van der Waals surface area contributed by atoms with Gasteiger partial charge >= 0.3 is 5.97 Å². The summed E-state index contributed by atoms with van der Waals surface area (Å²) in [4.78, 5) is 11.5. The van der Waals surface area contributed by atoms with Gasteiger partial charge in [-0.15, -0.1) is 0 Å². The summed E-state index contributed by atoms with van der Waals surface area (Å²) in [6.45, 7) is 0. The molecule has 0 amide bonds. The summed E-state index contributed by atoms with van der Waals surface area (Å²) < 4.78 is 6.86. The normalized spacial score (nSPS) is 11.2. The van der Waals surface area contributed by atoms with Crippen LogP contribution in [0.1, 0.15) is 5.56 Å². The number of benzene rings is 2. The van der Waals surface area contributed by atoms with Gasteiger partial charge in [0.25, 0.3) is 0 Å². The number of nitrogens with zero attached hydrogens (tertiary/aromatic N) is 1. The topological polar surface area (TPSA) is 31.2 Å².